The van der Waals surface area contributed by atoms with E-state index in [9.17, 15) is 4.79 Å². The van der Waals surface area contributed by atoms with Crippen LogP contribution in [0.5, 0.6) is 0 Å². The van der Waals surface area contributed by atoms with Gasteiger partial charge in [0, 0.05) is 12.0 Å². The average molecular weight is 186 g/mol. The van der Waals surface area contributed by atoms with E-state index in [1.807, 2.05) is 30.3 Å². The standard InChI is InChI=1S/C11H8NO2/c13-7-11-10(8-14-12-11)6-9-4-2-1-3-5-9/h1-5,8H,6H2. The SMILES string of the molecule is O=[C]c1nocc1Cc1ccccc1. The summed E-state index contributed by atoms with van der Waals surface area (Å²) in [5.41, 5.74) is 2.15. The van der Waals surface area contributed by atoms with Gasteiger partial charge in [-0.15, -0.1) is 0 Å². The molecule has 1 heterocycles. The van der Waals surface area contributed by atoms with Crippen LogP contribution in [0.2, 0.25) is 0 Å². The van der Waals surface area contributed by atoms with Gasteiger partial charge in [-0.2, -0.15) is 0 Å². The van der Waals surface area contributed by atoms with E-state index >= 15 is 0 Å². The molecule has 69 valence electrons. The van der Waals surface area contributed by atoms with Gasteiger partial charge in [0.1, 0.15) is 6.26 Å². The normalized spacial score (nSPS) is 10.0. The molecule has 0 saturated heterocycles. The Morgan fingerprint density at radius 1 is 1.29 bits per heavy atom. The largest absolute Gasteiger partial charge is 0.364 e. The van der Waals surface area contributed by atoms with Crippen LogP contribution in [0.3, 0.4) is 0 Å². The third-order valence-electron chi connectivity index (χ3n) is 1.98. The van der Waals surface area contributed by atoms with Gasteiger partial charge >= 0.3 is 0 Å². The van der Waals surface area contributed by atoms with Crippen molar-refractivity contribution in [3.63, 3.8) is 0 Å². The summed E-state index contributed by atoms with van der Waals surface area (Å²) in [6.07, 6.45) is 3.87. The third kappa shape index (κ3) is 1.71. The van der Waals surface area contributed by atoms with Crippen molar-refractivity contribution < 1.29 is 9.32 Å². The third-order valence-corrected chi connectivity index (χ3v) is 1.98. The molecule has 2 rings (SSSR count). The van der Waals surface area contributed by atoms with E-state index in [1.54, 1.807) is 6.29 Å². The highest BCUT2D eigenvalue weighted by atomic mass is 16.5. The molecule has 0 bridgehead atoms. The summed E-state index contributed by atoms with van der Waals surface area (Å²) in [6, 6.07) is 9.83. The highest BCUT2D eigenvalue weighted by Crippen LogP contribution is 2.11. The number of carbonyl (C=O) groups excluding carboxylic acids is 1. The lowest BCUT2D eigenvalue weighted by atomic mass is 10.1. The maximum Gasteiger partial charge on any atom is 0.257 e. The summed E-state index contributed by atoms with van der Waals surface area (Å²) in [5.74, 6) is 0. The summed E-state index contributed by atoms with van der Waals surface area (Å²) in [5, 5.41) is 3.53. The van der Waals surface area contributed by atoms with Gasteiger partial charge in [-0.05, 0) is 5.56 Å². The van der Waals surface area contributed by atoms with Gasteiger partial charge in [-0.3, -0.25) is 4.79 Å². The van der Waals surface area contributed by atoms with E-state index in [2.05, 4.69) is 5.16 Å². The van der Waals surface area contributed by atoms with Crippen LogP contribution in [-0.2, 0) is 11.2 Å². The molecule has 0 atom stereocenters. The summed E-state index contributed by atoms with van der Waals surface area (Å²) >= 11 is 0. The molecule has 0 aliphatic rings. The van der Waals surface area contributed by atoms with Crippen LogP contribution in [0.1, 0.15) is 16.8 Å². The molecule has 1 aromatic heterocycles. The lowest BCUT2D eigenvalue weighted by Crippen LogP contribution is -1.91. The number of hydrogen-bond donors (Lipinski definition) is 0. The van der Waals surface area contributed by atoms with E-state index in [0.29, 0.717) is 6.42 Å². The minimum Gasteiger partial charge on any atom is -0.364 e. The molecule has 0 saturated carbocycles. The Balaban J connectivity index is 2.23. The molecule has 0 aliphatic carbocycles. The Labute approximate surface area is 81.3 Å². The fourth-order valence-corrected chi connectivity index (χ4v) is 1.28. The Kier molecular flexibility index (Phi) is 2.40. The second kappa shape index (κ2) is 3.87. The van der Waals surface area contributed by atoms with Crippen molar-refractivity contribution in [3.05, 3.63) is 53.4 Å². The van der Waals surface area contributed by atoms with Crippen molar-refractivity contribution in [3.8, 4) is 0 Å². The van der Waals surface area contributed by atoms with Crippen LogP contribution in [0, 0.1) is 0 Å². The fraction of sp³-hybridized carbons (Fsp3) is 0.0909. The molecule has 0 amide bonds. The first kappa shape index (κ1) is 8.69. The van der Waals surface area contributed by atoms with Crippen molar-refractivity contribution >= 4 is 6.29 Å². The molecule has 0 spiro atoms. The monoisotopic (exact) mass is 186 g/mol. The Morgan fingerprint density at radius 2 is 2.07 bits per heavy atom. The van der Waals surface area contributed by atoms with Crippen molar-refractivity contribution in [2.24, 2.45) is 0 Å². The van der Waals surface area contributed by atoms with Crippen LogP contribution < -0.4 is 0 Å². The first-order valence-corrected chi connectivity index (χ1v) is 4.25. The van der Waals surface area contributed by atoms with Crippen LogP contribution >= 0.6 is 0 Å². The van der Waals surface area contributed by atoms with Crippen LogP contribution in [0.25, 0.3) is 0 Å². The smallest absolute Gasteiger partial charge is 0.257 e. The Bertz CT molecular complexity index is 420. The van der Waals surface area contributed by atoms with Gasteiger partial charge in [0.05, 0.1) is 0 Å². The Morgan fingerprint density at radius 3 is 2.79 bits per heavy atom. The molecule has 3 heteroatoms. The van der Waals surface area contributed by atoms with Crippen LogP contribution in [0.4, 0.5) is 0 Å². The number of benzene rings is 1. The van der Waals surface area contributed by atoms with E-state index in [4.69, 9.17) is 4.52 Å². The zero-order valence-corrected chi connectivity index (χ0v) is 7.43. The maximum absolute atomic E-state index is 10.4. The highest BCUT2D eigenvalue weighted by Gasteiger charge is 2.07. The summed E-state index contributed by atoms with van der Waals surface area (Å²) in [4.78, 5) is 10.4. The fourth-order valence-electron chi connectivity index (χ4n) is 1.28. The van der Waals surface area contributed by atoms with Crippen molar-refractivity contribution in [1.82, 2.24) is 5.16 Å². The molecule has 0 aliphatic heterocycles. The molecule has 1 aromatic carbocycles. The molecule has 2 aromatic rings. The molecule has 14 heavy (non-hydrogen) atoms. The maximum atomic E-state index is 10.4. The van der Waals surface area contributed by atoms with Gasteiger partial charge in [0.15, 0.2) is 5.69 Å². The molecular weight excluding hydrogens is 178 g/mol. The second-order valence-electron chi connectivity index (χ2n) is 2.95. The molecule has 0 fully saturated rings. The van der Waals surface area contributed by atoms with Gasteiger partial charge in [0.25, 0.3) is 6.29 Å². The molecule has 3 nitrogen and oxygen atoms in total. The van der Waals surface area contributed by atoms with E-state index in [-0.39, 0.29) is 5.69 Å². The average Bonchev–Trinajstić information content (AvgIpc) is 2.67. The second-order valence-corrected chi connectivity index (χ2v) is 2.95. The Hall–Kier alpha value is -1.90. The van der Waals surface area contributed by atoms with Crippen LogP contribution in [0.15, 0.2) is 41.1 Å². The first-order chi connectivity index (χ1) is 6.90. The zero-order chi connectivity index (χ0) is 9.80. The number of rotatable bonds is 3. The van der Waals surface area contributed by atoms with Gasteiger partial charge in [0.2, 0.25) is 0 Å². The summed E-state index contributed by atoms with van der Waals surface area (Å²) < 4.78 is 4.70. The van der Waals surface area contributed by atoms with Crippen molar-refractivity contribution in [2.75, 3.05) is 0 Å². The predicted octanol–water partition coefficient (Wildman–Crippen LogP) is 1.72. The zero-order valence-electron chi connectivity index (χ0n) is 7.43. The predicted molar refractivity (Wildman–Crippen MR) is 50.5 cm³/mol. The number of nitrogens with zero attached hydrogens (tertiary/aromatic N) is 1. The van der Waals surface area contributed by atoms with E-state index < -0.39 is 0 Å². The molecule has 1 radical (unpaired) electrons. The van der Waals surface area contributed by atoms with Gasteiger partial charge in [-0.1, -0.05) is 35.5 Å². The first-order valence-electron chi connectivity index (χ1n) is 4.25. The lowest BCUT2D eigenvalue weighted by molar-refractivity contribution is 0.416. The van der Waals surface area contributed by atoms with Crippen molar-refractivity contribution in [1.29, 1.82) is 0 Å². The van der Waals surface area contributed by atoms with Crippen molar-refractivity contribution in [2.45, 2.75) is 6.42 Å². The van der Waals surface area contributed by atoms with Gasteiger partial charge < -0.3 is 4.52 Å². The summed E-state index contributed by atoms with van der Waals surface area (Å²) in [7, 11) is 0. The molecular formula is C11H8NO2. The van der Waals surface area contributed by atoms with Gasteiger partial charge in [-0.25, -0.2) is 0 Å². The molecule has 0 unspecified atom stereocenters. The minimum atomic E-state index is 0.258. The minimum absolute atomic E-state index is 0.258. The summed E-state index contributed by atoms with van der Waals surface area (Å²) in [6.45, 7) is 0. The highest BCUT2D eigenvalue weighted by molar-refractivity contribution is 5.74. The van der Waals surface area contributed by atoms with Crippen LogP contribution in [-0.4, -0.2) is 11.4 Å². The quantitative estimate of drug-likeness (QED) is 0.733. The topological polar surface area (TPSA) is 43.1 Å². The van der Waals surface area contributed by atoms with E-state index in [0.717, 1.165) is 11.1 Å². The van der Waals surface area contributed by atoms with E-state index in [1.165, 1.54) is 6.26 Å². The lowest BCUT2D eigenvalue weighted by Gasteiger charge is -1.96. The number of aromatic nitrogens is 1. The number of hydrogen-bond acceptors (Lipinski definition) is 3. The molecule has 0 N–H and O–H groups in total.